The summed E-state index contributed by atoms with van der Waals surface area (Å²) in [5, 5.41) is 15.4. The summed E-state index contributed by atoms with van der Waals surface area (Å²) in [4.78, 5) is 23.2. The molecular weight excluding hydrogens is 242 g/mol. The number of amides is 1. The lowest BCUT2D eigenvalue weighted by molar-refractivity contribution is -0.147. The number of aliphatic carboxylic acids is 1. The fourth-order valence-corrected chi connectivity index (χ4v) is 1.72. The summed E-state index contributed by atoms with van der Waals surface area (Å²) < 4.78 is 3.66. The Labute approximate surface area is 103 Å². The third-order valence-electron chi connectivity index (χ3n) is 2.79. The van der Waals surface area contributed by atoms with Gasteiger partial charge in [0.15, 0.2) is 0 Å². The van der Waals surface area contributed by atoms with Gasteiger partial charge in [-0.05, 0) is 31.8 Å². The van der Waals surface area contributed by atoms with Crippen molar-refractivity contribution in [2.24, 2.45) is 5.41 Å². The van der Waals surface area contributed by atoms with E-state index in [-0.39, 0.29) is 12.5 Å². The summed E-state index contributed by atoms with van der Waals surface area (Å²) in [6, 6.07) is 0. The SMILES string of the molecule is CCC(C)(CNC(=O)c1snnc1C)C(=O)O. The fourth-order valence-electron chi connectivity index (χ4n) is 1.15. The zero-order valence-corrected chi connectivity index (χ0v) is 10.8. The number of hydrogen-bond acceptors (Lipinski definition) is 5. The summed E-state index contributed by atoms with van der Waals surface area (Å²) in [5.41, 5.74) is -0.386. The molecule has 1 amide bonds. The third-order valence-corrected chi connectivity index (χ3v) is 3.62. The molecule has 1 unspecified atom stereocenters. The average molecular weight is 257 g/mol. The van der Waals surface area contributed by atoms with Crippen molar-refractivity contribution in [3.05, 3.63) is 10.6 Å². The summed E-state index contributed by atoms with van der Waals surface area (Å²) in [6.07, 6.45) is 0.447. The predicted molar refractivity (Wildman–Crippen MR) is 63.0 cm³/mol. The van der Waals surface area contributed by atoms with Gasteiger partial charge in [-0.25, -0.2) is 0 Å². The minimum Gasteiger partial charge on any atom is -0.481 e. The molecule has 1 aromatic rings. The molecule has 0 aliphatic rings. The van der Waals surface area contributed by atoms with Crippen LogP contribution in [0.25, 0.3) is 0 Å². The number of hydrogen-bond donors (Lipinski definition) is 2. The molecule has 17 heavy (non-hydrogen) atoms. The van der Waals surface area contributed by atoms with Gasteiger partial charge in [0.2, 0.25) is 0 Å². The molecule has 1 aromatic heterocycles. The van der Waals surface area contributed by atoms with Gasteiger partial charge in [-0.15, -0.1) is 5.10 Å². The predicted octanol–water partition coefficient (Wildman–Crippen LogP) is 1.08. The quantitative estimate of drug-likeness (QED) is 0.823. The van der Waals surface area contributed by atoms with Gasteiger partial charge in [0.05, 0.1) is 11.1 Å². The molecule has 6 nitrogen and oxygen atoms in total. The Kier molecular flexibility index (Phi) is 4.17. The second-order valence-electron chi connectivity index (χ2n) is 4.09. The number of carbonyl (C=O) groups excluding carboxylic acids is 1. The highest BCUT2D eigenvalue weighted by molar-refractivity contribution is 7.07. The van der Waals surface area contributed by atoms with Crippen LogP contribution in [0.15, 0.2) is 0 Å². The summed E-state index contributed by atoms with van der Waals surface area (Å²) in [7, 11) is 0. The molecule has 0 fully saturated rings. The van der Waals surface area contributed by atoms with Gasteiger partial charge in [-0.2, -0.15) is 0 Å². The maximum absolute atomic E-state index is 11.7. The molecule has 2 N–H and O–H groups in total. The van der Waals surface area contributed by atoms with Crippen molar-refractivity contribution >= 4 is 23.4 Å². The molecule has 0 spiro atoms. The van der Waals surface area contributed by atoms with Crippen LogP contribution in [0.5, 0.6) is 0 Å². The van der Waals surface area contributed by atoms with E-state index in [4.69, 9.17) is 5.11 Å². The van der Waals surface area contributed by atoms with Crippen molar-refractivity contribution in [2.75, 3.05) is 6.54 Å². The highest BCUT2D eigenvalue weighted by Gasteiger charge is 2.31. The van der Waals surface area contributed by atoms with Crippen LogP contribution in [-0.2, 0) is 4.79 Å². The molecule has 1 atom stereocenters. The van der Waals surface area contributed by atoms with E-state index < -0.39 is 11.4 Å². The molecule has 0 bridgehead atoms. The lowest BCUT2D eigenvalue weighted by atomic mass is 9.88. The Balaban J connectivity index is 2.66. The summed E-state index contributed by atoms with van der Waals surface area (Å²) in [5.74, 6) is -1.24. The molecule has 0 aliphatic carbocycles. The van der Waals surface area contributed by atoms with Crippen LogP contribution in [0.4, 0.5) is 0 Å². The first-order chi connectivity index (χ1) is 7.90. The lowest BCUT2D eigenvalue weighted by Crippen LogP contribution is -2.40. The summed E-state index contributed by atoms with van der Waals surface area (Å²) in [6.45, 7) is 5.16. The van der Waals surface area contributed by atoms with Crippen molar-refractivity contribution in [3.8, 4) is 0 Å². The maximum atomic E-state index is 11.7. The van der Waals surface area contributed by atoms with Gasteiger partial charge in [-0.1, -0.05) is 11.4 Å². The van der Waals surface area contributed by atoms with E-state index in [0.29, 0.717) is 17.0 Å². The van der Waals surface area contributed by atoms with Crippen LogP contribution in [0.2, 0.25) is 0 Å². The van der Waals surface area contributed by atoms with Crippen LogP contribution in [0.1, 0.15) is 35.6 Å². The first-order valence-electron chi connectivity index (χ1n) is 5.21. The number of carbonyl (C=O) groups is 2. The van der Waals surface area contributed by atoms with Crippen LogP contribution >= 0.6 is 11.5 Å². The molecule has 0 aromatic carbocycles. The number of nitrogens with one attached hydrogen (secondary N) is 1. The van der Waals surface area contributed by atoms with Crippen molar-refractivity contribution in [2.45, 2.75) is 27.2 Å². The Morgan fingerprint density at radius 1 is 1.53 bits per heavy atom. The molecule has 1 heterocycles. The topological polar surface area (TPSA) is 92.2 Å². The maximum Gasteiger partial charge on any atom is 0.311 e. The first-order valence-corrected chi connectivity index (χ1v) is 5.98. The number of aromatic nitrogens is 2. The van der Waals surface area contributed by atoms with Crippen LogP contribution < -0.4 is 5.32 Å². The molecule has 1 rings (SSSR count). The molecule has 0 aliphatic heterocycles. The Hall–Kier alpha value is -1.50. The fraction of sp³-hybridized carbons (Fsp3) is 0.600. The van der Waals surface area contributed by atoms with Gasteiger partial charge in [0.25, 0.3) is 5.91 Å². The largest absolute Gasteiger partial charge is 0.481 e. The van der Waals surface area contributed by atoms with Crippen LogP contribution in [0.3, 0.4) is 0 Å². The van der Waals surface area contributed by atoms with Gasteiger partial charge >= 0.3 is 5.97 Å². The smallest absolute Gasteiger partial charge is 0.311 e. The highest BCUT2D eigenvalue weighted by atomic mass is 32.1. The summed E-state index contributed by atoms with van der Waals surface area (Å²) >= 11 is 1.00. The van der Waals surface area contributed by atoms with E-state index in [0.717, 1.165) is 11.5 Å². The zero-order chi connectivity index (χ0) is 13.1. The normalized spacial score (nSPS) is 14.1. The Morgan fingerprint density at radius 3 is 2.59 bits per heavy atom. The molecular formula is C10H15N3O3S. The third kappa shape index (κ3) is 3.00. The minimum atomic E-state index is -0.943. The first kappa shape index (κ1) is 13.6. The van der Waals surface area contributed by atoms with Crippen molar-refractivity contribution < 1.29 is 14.7 Å². The lowest BCUT2D eigenvalue weighted by Gasteiger charge is -2.22. The van der Waals surface area contributed by atoms with Gasteiger partial charge in [-0.3, -0.25) is 9.59 Å². The van der Waals surface area contributed by atoms with E-state index in [1.165, 1.54) is 0 Å². The molecule has 0 radical (unpaired) electrons. The van der Waals surface area contributed by atoms with E-state index in [1.54, 1.807) is 20.8 Å². The monoisotopic (exact) mass is 257 g/mol. The van der Waals surface area contributed by atoms with E-state index in [1.807, 2.05) is 0 Å². The number of aryl methyl sites for hydroxylation is 1. The number of nitrogens with zero attached hydrogens (tertiary/aromatic N) is 2. The van der Waals surface area contributed by atoms with Crippen molar-refractivity contribution in [3.63, 3.8) is 0 Å². The molecule has 94 valence electrons. The van der Waals surface area contributed by atoms with E-state index >= 15 is 0 Å². The highest BCUT2D eigenvalue weighted by Crippen LogP contribution is 2.20. The zero-order valence-electron chi connectivity index (χ0n) is 9.98. The van der Waals surface area contributed by atoms with Crippen molar-refractivity contribution in [1.82, 2.24) is 14.9 Å². The standard InChI is InChI=1S/C10H15N3O3S/c1-4-10(3,9(15)16)5-11-8(14)7-6(2)12-13-17-7/h4-5H2,1-3H3,(H,11,14)(H,15,16). The number of carboxylic acids is 1. The van der Waals surface area contributed by atoms with Gasteiger partial charge in [0, 0.05) is 6.54 Å². The second-order valence-corrected chi connectivity index (χ2v) is 4.84. The second kappa shape index (κ2) is 5.22. The Bertz CT molecular complexity index is 432. The Morgan fingerprint density at radius 2 is 2.18 bits per heavy atom. The number of carboxylic acid groups (broad SMARTS) is 1. The molecule has 0 saturated carbocycles. The molecule has 0 saturated heterocycles. The molecule has 7 heteroatoms. The van der Waals surface area contributed by atoms with Gasteiger partial charge in [0.1, 0.15) is 4.88 Å². The minimum absolute atomic E-state index is 0.0923. The van der Waals surface area contributed by atoms with Crippen LogP contribution in [0, 0.1) is 12.3 Å². The van der Waals surface area contributed by atoms with Gasteiger partial charge < -0.3 is 10.4 Å². The van der Waals surface area contributed by atoms with Crippen LogP contribution in [-0.4, -0.2) is 33.1 Å². The number of rotatable bonds is 5. The van der Waals surface area contributed by atoms with E-state index in [2.05, 4.69) is 14.9 Å². The van der Waals surface area contributed by atoms with Crippen molar-refractivity contribution in [1.29, 1.82) is 0 Å². The average Bonchev–Trinajstić information content (AvgIpc) is 2.71. The van der Waals surface area contributed by atoms with E-state index in [9.17, 15) is 9.59 Å².